The summed E-state index contributed by atoms with van der Waals surface area (Å²) in [6.07, 6.45) is 16.4. The Balaban J connectivity index is 1.35. The Morgan fingerprint density at radius 3 is 1.12 bits per heavy atom. The SMILES string of the molecule is c1cncc(-c2cc(-c3c4ccccc4c(-c4cc(-c5cccnc5)nc(-c5cccnc5)c4)c4ncccc34)cc(-c3cccnc3)n2)c1. The highest BCUT2D eigenvalue weighted by Crippen LogP contribution is 2.45. The van der Waals surface area contributed by atoms with Crippen molar-refractivity contribution in [3.8, 4) is 67.3 Å². The maximum atomic E-state index is 5.09. The van der Waals surface area contributed by atoms with E-state index in [0.717, 1.165) is 89.0 Å². The molecule has 0 amide bonds. The molecule has 0 saturated heterocycles. The molecular formula is C43H27N7. The molecule has 50 heavy (non-hydrogen) atoms. The fourth-order valence-electron chi connectivity index (χ4n) is 6.60. The highest BCUT2D eigenvalue weighted by Gasteiger charge is 2.21. The van der Waals surface area contributed by atoms with Crippen LogP contribution in [0, 0.1) is 0 Å². The van der Waals surface area contributed by atoms with E-state index in [2.05, 4.69) is 74.5 Å². The Morgan fingerprint density at radius 1 is 0.320 bits per heavy atom. The summed E-state index contributed by atoms with van der Waals surface area (Å²) in [5, 5.41) is 3.22. The maximum absolute atomic E-state index is 5.09. The van der Waals surface area contributed by atoms with Crippen LogP contribution < -0.4 is 0 Å². The number of hydrogen-bond donors (Lipinski definition) is 0. The average molecular weight is 642 g/mol. The first-order chi connectivity index (χ1) is 24.8. The summed E-state index contributed by atoms with van der Waals surface area (Å²) in [5.74, 6) is 0. The molecule has 7 aromatic heterocycles. The van der Waals surface area contributed by atoms with Crippen molar-refractivity contribution < 1.29 is 0 Å². The summed E-state index contributed by atoms with van der Waals surface area (Å²) in [6, 6.07) is 37.2. The molecule has 9 aromatic rings. The lowest BCUT2D eigenvalue weighted by Crippen LogP contribution is -1.97. The summed E-state index contributed by atoms with van der Waals surface area (Å²) in [5.41, 5.74) is 12.1. The van der Waals surface area contributed by atoms with Crippen LogP contribution in [-0.4, -0.2) is 34.9 Å². The van der Waals surface area contributed by atoms with Gasteiger partial charge in [0.1, 0.15) is 0 Å². The van der Waals surface area contributed by atoms with Gasteiger partial charge in [-0.15, -0.1) is 0 Å². The maximum Gasteiger partial charge on any atom is 0.0793 e. The Labute approximate surface area is 288 Å². The van der Waals surface area contributed by atoms with Crippen LogP contribution >= 0.6 is 0 Å². The van der Waals surface area contributed by atoms with Crippen LogP contribution in [0.25, 0.3) is 89.0 Å². The van der Waals surface area contributed by atoms with Gasteiger partial charge in [-0.05, 0) is 106 Å². The van der Waals surface area contributed by atoms with Crippen LogP contribution in [0.3, 0.4) is 0 Å². The zero-order chi connectivity index (χ0) is 33.3. The molecule has 0 spiro atoms. The van der Waals surface area contributed by atoms with Gasteiger partial charge in [0.05, 0.1) is 28.3 Å². The molecule has 7 heteroatoms. The van der Waals surface area contributed by atoms with Gasteiger partial charge in [-0.3, -0.25) is 24.9 Å². The van der Waals surface area contributed by atoms with Crippen LogP contribution in [0.2, 0.25) is 0 Å². The predicted molar refractivity (Wildman–Crippen MR) is 199 cm³/mol. The van der Waals surface area contributed by atoms with Gasteiger partial charge in [-0.1, -0.05) is 30.3 Å². The molecule has 0 saturated carbocycles. The Hall–Kier alpha value is -6.99. The van der Waals surface area contributed by atoms with Gasteiger partial charge in [-0.25, -0.2) is 9.97 Å². The Kier molecular flexibility index (Phi) is 7.33. The summed E-state index contributed by atoms with van der Waals surface area (Å²) in [6.45, 7) is 0. The molecule has 0 fully saturated rings. The molecule has 0 aliphatic carbocycles. The van der Waals surface area contributed by atoms with Gasteiger partial charge in [0.2, 0.25) is 0 Å². The molecule has 0 N–H and O–H groups in total. The number of benzene rings is 2. The normalized spacial score (nSPS) is 11.2. The van der Waals surface area contributed by atoms with E-state index in [4.69, 9.17) is 15.0 Å². The van der Waals surface area contributed by atoms with E-state index in [9.17, 15) is 0 Å². The van der Waals surface area contributed by atoms with Crippen molar-refractivity contribution in [3.63, 3.8) is 0 Å². The van der Waals surface area contributed by atoms with E-state index in [-0.39, 0.29) is 0 Å². The van der Waals surface area contributed by atoms with Crippen molar-refractivity contribution in [2.24, 2.45) is 0 Å². The predicted octanol–water partition coefficient (Wildman–Crippen LogP) is 9.76. The van der Waals surface area contributed by atoms with Crippen molar-refractivity contribution in [1.82, 2.24) is 34.9 Å². The van der Waals surface area contributed by atoms with E-state index in [1.54, 1.807) is 24.8 Å². The van der Waals surface area contributed by atoms with Crippen molar-refractivity contribution in [2.45, 2.75) is 0 Å². The number of aromatic nitrogens is 7. The van der Waals surface area contributed by atoms with Crippen LogP contribution in [-0.2, 0) is 0 Å². The molecule has 2 aromatic carbocycles. The summed E-state index contributed by atoms with van der Waals surface area (Å²) in [7, 11) is 0. The van der Waals surface area contributed by atoms with E-state index in [0.29, 0.717) is 0 Å². The summed E-state index contributed by atoms with van der Waals surface area (Å²) in [4.78, 5) is 32.8. The monoisotopic (exact) mass is 641 g/mol. The third kappa shape index (κ3) is 5.33. The second-order valence-electron chi connectivity index (χ2n) is 11.9. The van der Waals surface area contributed by atoms with Gasteiger partial charge >= 0.3 is 0 Å². The molecule has 0 unspecified atom stereocenters. The summed E-state index contributed by atoms with van der Waals surface area (Å²) < 4.78 is 0. The van der Waals surface area contributed by atoms with E-state index in [1.165, 1.54) is 0 Å². The quantitative estimate of drug-likeness (QED) is 0.167. The first-order valence-electron chi connectivity index (χ1n) is 16.3. The van der Waals surface area contributed by atoms with Crippen LogP contribution in [0.1, 0.15) is 0 Å². The smallest absolute Gasteiger partial charge is 0.0793 e. The van der Waals surface area contributed by atoms with Gasteiger partial charge in [0.15, 0.2) is 0 Å². The molecule has 0 atom stereocenters. The lowest BCUT2D eigenvalue weighted by atomic mass is 9.87. The average Bonchev–Trinajstić information content (AvgIpc) is 3.21. The molecule has 0 bridgehead atoms. The first kappa shape index (κ1) is 29.2. The molecule has 0 radical (unpaired) electrons. The molecule has 234 valence electrons. The molecule has 7 heterocycles. The fourth-order valence-corrected chi connectivity index (χ4v) is 6.60. The molecule has 9 rings (SSSR count). The van der Waals surface area contributed by atoms with Crippen molar-refractivity contribution >= 4 is 21.7 Å². The van der Waals surface area contributed by atoms with Crippen molar-refractivity contribution in [3.05, 3.63) is 165 Å². The highest BCUT2D eigenvalue weighted by atomic mass is 14.8. The Morgan fingerprint density at radius 2 is 0.700 bits per heavy atom. The first-order valence-corrected chi connectivity index (χ1v) is 16.3. The number of hydrogen-bond acceptors (Lipinski definition) is 7. The minimum atomic E-state index is 0.822. The number of pyridine rings is 7. The summed E-state index contributed by atoms with van der Waals surface area (Å²) >= 11 is 0. The minimum Gasteiger partial charge on any atom is -0.264 e. The topological polar surface area (TPSA) is 90.2 Å². The van der Waals surface area contributed by atoms with Crippen molar-refractivity contribution in [2.75, 3.05) is 0 Å². The van der Waals surface area contributed by atoms with E-state index in [1.807, 2.05) is 85.6 Å². The second-order valence-corrected chi connectivity index (χ2v) is 11.9. The lowest BCUT2D eigenvalue weighted by Gasteiger charge is -2.19. The zero-order valence-electron chi connectivity index (χ0n) is 26.7. The number of rotatable bonds is 6. The highest BCUT2D eigenvalue weighted by molar-refractivity contribution is 6.20. The van der Waals surface area contributed by atoms with Crippen molar-refractivity contribution in [1.29, 1.82) is 0 Å². The van der Waals surface area contributed by atoms with E-state index < -0.39 is 0 Å². The number of fused-ring (bicyclic) bond motifs is 2. The lowest BCUT2D eigenvalue weighted by molar-refractivity contribution is 1.26. The fraction of sp³-hybridized carbons (Fsp3) is 0. The van der Waals surface area contributed by atoms with Gasteiger partial charge < -0.3 is 0 Å². The van der Waals surface area contributed by atoms with Crippen LogP contribution in [0.4, 0.5) is 0 Å². The third-order valence-electron chi connectivity index (χ3n) is 8.84. The molecule has 7 nitrogen and oxygen atoms in total. The van der Waals surface area contributed by atoms with Crippen LogP contribution in [0.5, 0.6) is 0 Å². The van der Waals surface area contributed by atoms with Gasteiger partial charge in [-0.2, -0.15) is 0 Å². The Bertz CT molecular complexity index is 2270. The minimum absolute atomic E-state index is 0.822. The number of nitrogens with zero attached hydrogens (tertiary/aromatic N) is 7. The third-order valence-corrected chi connectivity index (χ3v) is 8.84. The van der Waals surface area contributed by atoms with Gasteiger partial charge in [0, 0.05) is 89.0 Å². The molecule has 0 aliphatic rings. The molecular weight excluding hydrogens is 615 g/mol. The standard InChI is InChI=1S/C43H27N7/c1-2-13-35-34(12-1)41(32-20-37(28-8-3-15-44-24-28)49-38(21-32)29-9-4-16-45-25-29)36-14-7-19-48-43(36)42(35)33-22-39(30-10-5-17-46-26-30)50-40(23-33)31-11-6-18-47-27-31/h1-27H. The van der Waals surface area contributed by atoms with Gasteiger partial charge in [0.25, 0.3) is 0 Å². The molecule has 0 aliphatic heterocycles. The van der Waals surface area contributed by atoms with E-state index >= 15 is 0 Å². The largest absolute Gasteiger partial charge is 0.264 e. The zero-order valence-corrected chi connectivity index (χ0v) is 26.7. The second kappa shape index (κ2) is 12.6. The van der Waals surface area contributed by atoms with Crippen LogP contribution in [0.15, 0.2) is 165 Å².